The molecule has 0 aliphatic rings. The number of phenols is 1. The minimum absolute atomic E-state index is 0.103. The molecule has 6 nitrogen and oxygen atoms in total. The number of nitrogens with two attached hydrogens (primary N) is 1. The number of carbonyl (C=O) groups is 2. The molecule has 0 atom stereocenters. The first-order valence-corrected chi connectivity index (χ1v) is 9.77. The van der Waals surface area contributed by atoms with Crippen molar-refractivity contribution in [1.29, 1.82) is 0 Å². The number of esters is 2. The molecule has 0 aliphatic heterocycles. The molecule has 0 amide bonds. The van der Waals surface area contributed by atoms with Crippen LogP contribution in [0.3, 0.4) is 0 Å². The van der Waals surface area contributed by atoms with Crippen LogP contribution in [-0.4, -0.2) is 23.7 Å². The topological polar surface area (TPSA) is 98.9 Å². The molecule has 0 bridgehead atoms. The Morgan fingerprint density at radius 1 is 1.03 bits per heavy atom. The van der Waals surface area contributed by atoms with Crippen LogP contribution in [0, 0.1) is 0 Å². The Morgan fingerprint density at radius 3 is 2.26 bits per heavy atom. The highest BCUT2D eigenvalue weighted by atomic mass is 16.5. The second-order valence-corrected chi connectivity index (χ2v) is 7.21. The molecule has 2 aromatic carbocycles. The molecule has 0 spiro atoms. The van der Waals surface area contributed by atoms with Crippen molar-refractivity contribution in [2.45, 2.75) is 26.7 Å². The van der Waals surface area contributed by atoms with Gasteiger partial charge in [-0.3, -0.25) is 0 Å². The number of ether oxygens (including phenoxy) is 2. The molecule has 0 radical (unpaired) electrons. The molecule has 0 saturated carbocycles. The second-order valence-electron chi connectivity index (χ2n) is 7.21. The van der Waals surface area contributed by atoms with Crippen molar-refractivity contribution in [2.24, 2.45) is 5.73 Å². The smallest absolute Gasteiger partial charge is 0.338 e. The van der Waals surface area contributed by atoms with Gasteiger partial charge >= 0.3 is 11.9 Å². The summed E-state index contributed by atoms with van der Waals surface area (Å²) in [5.74, 6) is -0.395. The van der Waals surface area contributed by atoms with Gasteiger partial charge < -0.3 is 20.3 Å². The van der Waals surface area contributed by atoms with Crippen molar-refractivity contribution in [3.8, 4) is 11.5 Å². The van der Waals surface area contributed by atoms with Gasteiger partial charge in [0.15, 0.2) is 0 Å². The molecule has 2 aromatic rings. The quantitative estimate of drug-likeness (QED) is 0.205. The number of benzene rings is 2. The number of hydrogen-bond acceptors (Lipinski definition) is 6. The second kappa shape index (κ2) is 10.8. The first-order valence-electron chi connectivity index (χ1n) is 9.77. The first-order chi connectivity index (χ1) is 14.7. The summed E-state index contributed by atoms with van der Waals surface area (Å²) < 4.78 is 10.2. The third-order valence-corrected chi connectivity index (χ3v) is 4.34. The van der Waals surface area contributed by atoms with Crippen molar-refractivity contribution in [3.05, 3.63) is 83.5 Å². The lowest BCUT2D eigenvalue weighted by atomic mass is 10.0. The zero-order chi connectivity index (χ0) is 23.0. The van der Waals surface area contributed by atoms with Gasteiger partial charge in [0.05, 0.1) is 6.61 Å². The number of aryl methyl sites for hydroxylation is 1. The number of aromatic hydroxyl groups is 1. The standard InChI is InChI=1S/C25H27NO5/c1-16(2)24(28)30-13-5-6-18-7-8-20(23(27)14-18)15-22(26)19-9-11-21(12-10-19)31-25(29)17(3)4/h7-12,14-15,27H,1,3,5-6,13,26H2,2,4H3/b22-15-. The van der Waals surface area contributed by atoms with Gasteiger partial charge in [0, 0.05) is 22.4 Å². The van der Waals surface area contributed by atoms with Gasteiger partial charge in [-0.2, -0.15) is 0 Å². The minimum atomic E-state index is -0.491. The van der Waals surface area contributed by atoms with E-state index in [2.05, 4.69) is 13.2 Å². The zero-order valence-electron chi connectivity index (χ0n) is 17.8. The van der Waals surface area contributed by atoms with Gasteiger partial charge in [-0.25, -0.2) is 9.59 Å². The lowest BCUT2D eigenvalue weighted by Gasteiger charge is -2.08. The van der Waals surface area contributed by atoms with E-state index in [0.29, 0.717) is 47.6 Å². The molecule has 0 heterocycles. The van der Waals surface area contributed by atoms with Crippen molar-refractivity contribution >= 4 is 23.7 Å². The van der Waals surface area contributed by atoms with E-state index in [1.807, 2.05) is 6.07 Å². The molecular formula is C25H27NO5. The summed E-state index contributed by atoms with van der Waals surface area (Å²) in [5.41, 5.74) is 9.51. The maximum atomic E-state index is 11.6. The average Bonchev–Trinajstić information content (AvgIpc) is 2.73. The van der Waals surface area contributed by atoms with E-state index in [9.17, 15) is 14.7 Å². The summed E-state index contributed by atoms with van der Waals surface area (Å²) >= 11 is 0. The average molecular weight is 421 g/mol. The maximum Gasteiger partial charge on any atom is 0.338 e. The third kappa shape index (κ3) is 7.19. The van der Waals surface area contributed by atoms with Gasteiger partial charge in [-0.05, 0) is 74.2 Å². The fourth-order valence-corrected chi connectivity index (χ4v) is 2.59. The number of hydrogen-bond donors (Lipinski definition) is 2. The fraction of sp³-hybridized carbons (Fsp3) is 0.200. The largest absolute Gasteiger partial charge is 0.507 e. The van der Waals surface area contributed by atoms with Gasteiger partial charge in [0.2, 0.25) is 0 Å². The van der Waals surface area contributed by atoms with Crippen LogP contribution in [0.5, 0.6) is 11.5 Å². The number of phenolic OH excluding ortho intramolecular Hbond substituents is 1. The van der Waals surface area contributed by atoms with E-state index in [1.165, 1.54) is 0 Å². The minimum Gasteiger partial charge on any atom is -0.507 e. The van der Waals surface area contributed by atoms with Crippen molar-refractivity contribution in [1.82, 2.24) is 0 Å². The monoisotopic (exact) mass is 421 g/mol. The Balaban J connectivity index is 1.99. The molecule has 0 unspecified atom stereocenters. The van der Waals surface area contributed by atoms with Crippen LogP contribution in [0.25, 0.3) is 11.8 Å². The summed E-state index contributed by atoms with van der Waals surface area (Å²) in [4.78, 5) is 22.9. The van der Waals surface area contributed by atoms with Crippen LogP contribution < -0.4 is 10.5 Å². The Kier molecular flexibility index (Phi) is 8.20. The van der Waals surface area contributed by atoms with E-state index in [4.69, 9.17) is 15.2 Å². The summed E-state index contributed by atoms with van der Waals surface area (Å²) in [6.07, 6.45) is 2.96. The van der Waals surface area contributed by atoms with Crippen LogP contribution in [0.2, 0.25) is 0 Å². The zero-order valence-corrected chi connectivity index (χ0v) is 17.8. The summed E-state index contributed by atoms with van der Waals surface area (Å²) in [6, 6.07) is 12.1. The van der Waals surface area contributed by atoms with Gasteiger partial charge in [-0.15, -0.1) is 0 Å². The number of carbonyl (C=O) groups excluding carboxylic acids is 2. The molecule has 0 saturated heterocycles. The van der Waals surface area contributed by atoms with E-state index in [-0.39, 0.29) is 5.75 Å². The van der Waals surface area contributed by atoms with Crippen molar-refractivity contribution < 1.29 is 24.2 Å². The van der Waals surface area contributed by atoms with Crippen LogP contribution in [0.4, 0.5) is 0 Å². The van der Waals surface area contributed by atoms with Crippen LogP contribution in [-0.2, 0) is 20.7 Å². The lowest BCUT2D eigenvalue weighted by Crippen LogP contribution is -2.08. The van der Waals surface area contributed by atoms with E-state index in [0.717, 1.165) is 11.1 Å². The molecule has 2 rings (SSSR count). The molecule has 162 valence electrons. The van der Waals surface area contributed by atoms with Gasteiger partial charge in [0.25, 0.3) is 0 Å². The highest BCUT2D eigenvalue weighted by Gasteiger charge is 2.07. The van der Waals surface area contributed by atoms with Crippen LogP contribution >= 0.6 is 0 Å². The highest BCUT2D eigenvalue weighted by molar-refractivity contribution is 5.89. The fourth-order valence-electron chi connectivity index (χ4n) is 2.59. The Hall–Kier alpha value is -3.80. The highest BCUT2D eigenvalue weighted by Crippen LogP contribution is 2.25. The normalized spacial score (nSPS) is 11.0. The van der Waals surface area contributed by atoms with Gasteiger partial charge in [-0.1, -0.05) is 25.3 Å². The van der Waals surface area contributed by atoms with E-state index >= 15 is 0 Å². The number of rotatable bonds is 9. The summed E-state index contributed by atoms with van der Waals surface area (Å²) in [6.45, 7) is 10.5. The predicted molar refractivity (Wildman–Crippen MR) is 121 cm³/mol. The molecule has 0 aliphatic carbocycles. The summed E-state index contributed by atoms with van der Waals surface area (Å²) in [7, 11) is 0. The summed E-state index contributed by atoms with van der Waals surface area (Å²) in [5, 5.41) is 10.3. The lowest BCUT2D eigenvalue weighted by molar-refractivity contribution is -0.139. The SMILES string of the molecule is C=C(C)C(=O)OCCCc1ccc(/C=C(\N)c2ccc(OC(=O)C(=C)C)cc2)c(O)c1. The van der Waals surface area contributed by atoms with Crippen molar-refractivity contribution in [2.75, 3.05) is 6.61 Å². The molecule has 3 N–H and O–H groups in total. The molecule has 31 heavy (non-hydrogen) atoms. The molecule has 0 aromatic heterocycles. The van der Waals surface area contributed by atoms with Gasteiger partial charge in [0.1, 0.15) is 11.5 Å². The first kappa shape index (κ1) is 23.5. The predicted octanol–water partition coefficient (Wildman–Crippen LogP) is 4.38. The van der Waals surface area contributed by atoms with E-state index in [1.54, 1.807) is 56.3 Å². The Morgan fingerprint density at radius 2 is 1.68 bits per heavy atom. The maximum absolute atomic E-state index is 11.6. The molecular weight excluding hydrogens is 394 g/mol. The van der Waals surface area contributed by atoms with E-state index < -0.39 is 11.9 Å². The molecule has 0 fully saturated rings. The molecule has 6 heteroatoms. The van der Waals surface area contributed by atoms with Crippen molar-refractivity contribution in [3.63, 3.8) is 0 Å². The Bertz CT molecular complexity index is 1020. The van der Waals surface area contributed by atoms with Crippen LogP contribution in [0.1, 0.15) is 37.0 Å². The Labute approximate surface area is 182 Å². The third-order valence-electron chi connectivity index (χ3n) is 4.34. The van der Waals surface area contributed by atoms with Crippen LogP contribution in [0.15, 0.2) is 66.8 Å².